The molecule has 0 unspecified atom stereocenters. The normalized spacial score (nSPS) is 13.7. The number of nitrogens with one attached hydrogen (secondary N) is 1. The van der Waals surface area contributed by atoms with Crippen LogP contribution >= 0.6 is 0 Å². The molecule has 0 aliphatic heterocycles. The Morgan fingerprint density at radius 1 is 0.923 bits per heavy atom. The van der Waals surface area contributed by atoms with Crippen LogP contribution in [0.5, 0.6) is 0 Å². The number of carbonyl (C=O) groups is 3. The molecule has 2 aromatic carbocycles. The number of ether oxygens (including phenoxy) is 1. The lowest BCUT2D eigenvalue weighted by Crippen LogP contribution is -2.24. The van der Waals surface area contributed by atoms with E-state index in [-0.39, 0.29) is 17.3 Å². The van der Waals surface area contributed by atoms with Gasteiger partial charge in [0.15, 0.2) is 5.78 Å². The van der Waals surface area contributed by atoms with E-state index in [4.69, 9.17) is 4.74 Å². The molecular weight excluding hydrogens is 330 g/mol. The van der Waals surface area contributed by atoms with Gasteiger partial charge >= 0.3 is 5.97 Å². The fraction of sp³-hybridized carbons (Fsp3) is 0.190. The van der Waals surface area contributed by atoms with Gasteiger partial charge < -0.3 is 10.1 Å². The number of hydrogen-bond acceptors (Lipinski definition) is 5. The van der Waals surface area contributed by atoms with E-state index in [1.54, 1.807) is 69.3 Å². The van der Waals surface area contributed by atoms with Gasteiger partial charge in [-0.2, -0.15) is 0 Å². The van der Waals surface area contributed by atoms with Crippen LogP contribution in [-0.2, 0) is 4.74 Å². The fourth-order valence-corrected chi connectivity index (χ4v) is 2.59. The molecule has 0 spiro atoms. The number of hydrogen-bond donors (Lipinski definition) is 1. The summed E-state index contributed by atoms with van der Waals surface area (Å²) in [5, 5.41) is 2.95. The Bertz CT molecular complexity index is 918. The molecule has 1 N–H and O–H groups in total. The van der Waals surface area contributed by atoms with E-state index in [1.807, 2.05) is 0 Å². The molecule has 26 heavy (non-hydrogen) atoms. The molecule has 0 saturated carbocycles. The van der Waals surface area contributed by atoms with Gasteiger partial charge in [0.25, 0.3) is 0 Å². The summed E-state index contributed by atoms with van der Waals surface area (Å²) in [5.41, 5.74) is 1.44. The maximum Gasteiger partial charge on any atom is 0.338 e. The summed E-state index contributed by atoms with van der Waals surface area (Å²) >= 11 is 0. The van der Waals surface area contributed by atoms with Crippen LogP contribution in [0.3, 0.4) is 0 Å². The second-order valence-electron chi connectivity index (χ2n) is 7.00. The highest BCUT2D eigenvalue weighted by Gasteiger charge is 2.25. The number of fused-ring (bicyclic) bond motifs is 1. The molecule has 0 saturated heterocycles. The van der Waals surface area contributed by atoms with Crippen molar-refractivity contribution in [3.8, 4) is 0 Å². The lowest BCUT2D eigenvalue weighted by atomic mass is 9.92. The van der Waals surface area contributed by atoms with Crippen LogP contribution in [0, 0.1) is 0 Å². The SMILES string of the molecule is CC(C)(C)OC(=O)c1ccc(NC2=CC(=O)c3ccccc3C2=O)cc1. The highest BCUT2D eigenvalue weighted by atomic mass is 16.6. The number of ketones is 2. The molecule has 0 radical (unpaired) electrons. The van der Waals surface area contributed by atoms with Gasteiger partial charge in [0.05, 0.1) is 11.3 Å². The molecule has 2 aromatic rings. The van der Waals surface area contributed by atoms with Gasteiger partial charge in [0.1, 0.15) is 5.60 Å². The van der Waals surface area contributed by atoms with Gasteiger partial charge in [0.2, 0.25) is 5.78 Å². The highest BCUT2D eigenvalue weighted by molar-refractivity contribution is 6.25. The average Bonchev–Trinajstić information content (AvgIpc) is 2.58. The Hall–Kier alpha value is -3.21. The monoisotopic (exact) mass is 349 g/mol. The number of allylic oxidation sites excluding steroid dienone is 2. The van der Waals surface area contributed by atoms with Crippen molar-refractivity contribution >= 4 is 23.2 Å². The first-order valence-corrected chi connectivity index (χ1v) is 8.25. The molecule has 0 bridgehead atoms. The number of rotatable bonds is 3. The summed E-state index contributed by atoms with van der Waals surface area (Å²) < 4.78 is 5.31. The summed E-state index contributed by atoms with van der Waals surface area (Å²) in [4.78, 5) is 36.8. The summed E-state index contributed by atoms with van der Waals surface area (Å²) in [6.45, 7) is 5.41. The molecule has 0 amide bonds. The Kier molecular flexibility index (Phi) is 4.47. The number of anilines is 1. The van der Waals surface area contributed by atoms with Crippen LogP contribution in [0.4, 0.5) is 5.69 Å². The van der Waals surface area contributed by atoms with Crippen LogP contribution in [0.15, 0.2) is 60.3 Å². The van der Waals surface area contributed by atoms with Crippen LogP contribution in [0.25, 0.3) is 0 Å². The standard InChI is InChI=1S/C21H19NO4/c1-21(2,3)26-20(25)13-8-10-14(11-9-13)22-17-12-18(23)15-6-4-5-7-16(15)19(17)24/h4-12,22H,1-3H3. The van der Waals surface area contributed by atoms with E-state index in [0.717, 1.165) is 0 Å². The third-order valence-electron chi connectivity index (χ3n) is 3.76. The van der Waals surface area contributed by atoms with Crippen LogP contribution < -0.4 is 5.32 Å². The quantitative estimate of drug-likeness (QED) is 0.848. The topological polar surface area (TPSA) is 72.5 Å². The maximum atomic E-state index is 12.5. The zero-order chi connectivity index (χ0) is 18.9. The van der Waals surface area contributed by atoms with Crippen molar-refractivity contribution in [1.29, 1.82) is 0 Å². The lowest BCUT2D eigenvalue weighted by Gasteiger charge is -2.19. The minimum atomic E-state index is -0.568. The molecule has 3 rings (SSSR count). The van der Waals surface area contributed by atoms with Crippen molar-refractivity contribution in [2.75, 3.05) is 5.32 Å². The predicted molar refractivity (Wildman–Crippen MR) is 98.4 cm³/mol. The summed E-state index contributed by atoms with van der Waals surface area (Å²) in [5.74, 6) is -0.870. The van der Waals surface area contributed by atoms with Gasteiger partial charge in [-0.05, 0) is 45.0 Å². The molecule has 0 atom stereocenters. The third-order valence-corrected chi connectivity index (χ3v) is 3.76. The molecular formula is C21H19NO4. The highest BCUT2D eigenvalue weighted by Crippen LogP contribution is 2.23. The zero-order valence-corrected chi connectivity index (χ0v) is 14.8. The van der Waals surface area contributed by atoms with E-state index in [9.17, 15) is 14.4 Å². The van der Waals surface area contributed by atoms with Gasteiger partial charge in [-0.25, -0.2) is 4.79 Å². The molecule has 0 heterocycles. The second-order valence-corrected chi connectivity index (χ2v) is 7.00. The first-order valence-electron chi connectivity index (χ1n) is 8.25. The Morgan fingerprint density at radius 3 is 2.15 bits per heavy atom. The van der Waals surface area contributed by atoms with Crippen molar-refractivity contribution in [3.05, 3.63) is 77.0 Å². The van der Waals surface area contributed by atoms with Crippen molar-refractivity contribution in [2.45, 2.75) is 26.4 Å². The minimum Gasteiger partial charge on any atom is -0.456 e. The van der Waals surface area contributed by atoms with E-state index in [0.29, 0.717) is 22.4 Å². The largest absolute Gasteiger partial charge is 0.456 e. The fourth-order valence-electron chi connectivity index (χ4n) is 2.59. The minimum absolute atomic E-state index is 0.207. The summed E-state index contributed by atoms with van der Waals surface area (Å²) in [6, 6.07) is 13.3. The molecule has 0 aromatic heterocycles. The van der Waals surface area contributed by atoms with Crippen LogP contribution in [0.1, 0.15) is 51.8 Å². The number of esters is 1. The molecule has 0 fully saturated rings. The molecule has 132 valence electrons. The first kappa shape index (κ1) is 17.6. The van der Waals surface area contributed by atoms with Gasteiger partial charge in [0, 0.05) is 22.9 Å². The maximum absolute atomic E-state index is 12.5. The summed E-state index contributed by atoms with van der Waals surface area (Å²) in [6.07, 6.45) is 1.30. The second kappa shape index (κ2) is 6.59. The molecule has 5 nitrogen and oxygen atoms in total. The Labute approximate surface area is 151 Å². The first-order chi connectivity index (χ1) is 12.2. The van der Waals surface area contributed by atoms with Crippen LogP contribution in [0.2, 0.25) is 0 Å². The van der Waals surface area contributed by atoms with Crippen molar-refractivity contribution in [3.63, 3.8) is 0 Å². The van der Waals surface area contributed by atoms with E-state index in [1.165, 1.54) is 6.08 Å². The van der Waals surface area contributed by atoms with E-state index < -0.39 is 11.6 Å². The number of Topliss-reactive ketones (excluding diaryl/α,β-unsaturated/α-hetero) is 1. The third kappa shape index (κ3) is 3.72. The van der Waals surface area contributed by atoms with Crippen molar-refractivity contribution < 1.29 is 19.1 Å². The van der Waals surface area contributed by atoms with E-state index >= 15 is 0 Å². The van der Waals surface area contributed by atoms with Gasteiger partial charge in [-0.1, -0.05) is 24.3 Å². The van der Waals surface area contributed by atoms with Gasteiger partial charge in [-0.15, -0.1) is 0 Å². The van der Waals surface area contributed by atoms with E-state index in [2.05, 4.69) is 5.32 Å². The molecule has 1 aliphatic carbocycles. The molecule has 5 heteroatoms. The smallest absolute Gasteiger partial charge is 0.338 e. The Morgan fingerprint density at radius 2 is 1.54 bits per heavy atom. The van der Waals surface area contributed by atoms with Gasteiger partial charge in [-0.3, -0.25) is 9.59 Å². The van der Waals surface area contributed by atoms with Crippen molar-refractivity contribution in [2.24, 2.45) is 0 Å². The van der Waals surface area contributed by atoms with Crippen LogP contribution in [-0.4, -0.2) is 23.1 Å². The number of benzene rings is 2. The predicted octanol–water partition coefficient (Wildman–Crippen LogP) is 4.02. The zero-order valence-electron chi connectivity index (χ0n) is 14.8. The number of carbonyl (C=O) groups excluding carboxylic acids is 3. The molecule has 1 aliphatic rings. The lowest BCUT2D eigenvalue weighted by molar-refractivity contribution is 0.00694. The Balaban J connectivity index is 1.77. The average molecular weight is 349 g/mol. The summed E-state index contributed by atoms with van der Waals surface area (Å²) in [7, 11) is 0. The van der Waals surface area contributed by atoms with Crippen molar-refractivity contribution in [1.82, 2.24) is 0 Å².